The van der Waals surface area contributed by atoms with E-state index in [9.17, 15) is 4.79 Å². The summed E-state index contributed by atoms with van der Waals surface area (Å²) < 4.78 is 5.23. The van der Waals surface area contributed by atoms with E-state index in [2.05, 4.69) is 34.6 Å². The summed E-state index contributed by atoms with van der Waals surface area (Å²) in [6, 6.07) is 8.64. The Labute approximate surface area is 166 Å². The lowest BCUT2D eigenvalue weighted by Gasteiger charge is -2.19. The number of benzene rings is 1. The highest BCUT2D eigenvalue weighted by atomic mass is 32.1. The van der Waals surface area contributed by atoms with E-state index in [-0.39, 0.29) is 6.09 Å². The van der Waals surface area contributed by atoms with Crippen LogP contribution in [-0.4, -0.2) is 29.8 Å². The van der Waals surface area contributed by atoms with Crippen molar-refractivity contribution in [2.24, 2.45) is 5.73 Å². The maximum atomic E-state index is 11.6. The van der Waals surface area contributed by atoms with Crippen LogP contribution in [0.3, 0.4) is 0 Å². The Balaban J connectivity index is 1.76. The second kappa shape index (κ2) is 10.4. The molecule has 148 valence electrons. The first-order chi connectivity index (χ1) is 12.9. The minimum Gasteiger partial charge on any atom is -0.444 e. The Kier molecular flexibility index (Phi) is 8.25. The molecule has 0 spiro atoms. The number of hydrogen-bond acceptors (Lipinski definition) is 5. The number of carbonyl (C=O) groups is 1. The van der Waals surface area contributed by atoms with Gasteiger partial charge < -0.3 is 15.8 Å². The second-order valence-electron chi connectivity index (χ2n) is 7.61. The van der Waals surface area contributed by atoms with Gasteiger partial charge in [0, 0.05) is 23.2 Å². The number of thiazole rings is 1. The van der Waals surface area contributed by atoms with Crippen LogP contribution in [0.5, 0.6) is 0 Å². The van der Waals surface area contributed by atoms with Crippen molar-refractivity contribution in [2.75, 3.05) is 13.1 Å². The number of ether oxygens (including phenoxy) is 1. The van der Waals surface area contributed by atoms with Crippen molar-refractivity contribution in [3.8, 4) is 10.6 Å². The molecule has 2 aromatic rings. The minimum atomic E-state index is -0.462. The van der Waals surface area contributed by atoms with Gasteiger partial charge in [0.15, 0.2) is 0 Å². The fourth-order valence-electron chi connectivity index (χ4n) is 2.61. The number of carbonyl (C=O) groups excluding carboxylic acids is 1. The number of amides is 1. The molecule has 1 heterocycles. The summed E-state index contributed by atoms with van der Waals surface area (Å²) in [6.45, 7) is 6.93. The Bertz CT molecular complexity index is 705. The standard InChI is InChI=1S/C21H31N3O2S/c1-21(2,3)26-20(25)23-14-6-8-18-15-24-19(27-18)17-11-9-16(10-12-17)7-4-5-13-22/h9-12,15H,4-8,13-14,22H2,1-3H3,(H,23,25). The lowest BCUT2D eigenvalue weighted by molar-refractivity contribution is 0.0527. The molecule has 0 aliphatic heterocycles. The van der Waals surface area contributed by atoms with Crippen LogP contribution in [0.25, 0.3) is 10.6 Å². The van der Waals surface area contributed by atoms with Gasteiger partial charge in [-0.2, -0.15) is 0 Å². The Morgan fingerprint density at radius 1 is 1.15 bits per heavy atom. The number of aryl methyl sites for hydroxylation is 2. The second-order valence-corrected chi connectivity index (χ2v) is 8.72. The van der Waals surface area contributed by atoms with Crippen LogP contribution in [0, 0.1) is 0 Å². The van der Waals surface area contributed by atoms with Crippen molar-refractivity contribution in [1.29, 1.82) is 0 Å². The Morgan fingerprint density at radius 2 is 1.89 bits per heavy atom. The first kappa shape index (κ1) is 21.4. The number of alkyl carbamates (subject to hydrolysis) is 1. The van der Waals surface area contributed by atoms with E-state index in [1.807, 2.05) is 27.0 Å². The molecular formula is C21H31N3O2S. The van der Waals surface area contributed by atoms with Gasteiger partial charge >= 0.3 is 6.09 Å². The van der Waals surface area contributed by atoms with Gasteiger partial charge in [0.05, 0.1) is 0 Å². The predicted molar refractivity (Wildman–Crippen MR) is 112 cm³/mol. The fourth-order valence-corrected chi connectivity index (χ4v) is 3.57. The predicted octanol–water partition coefficient (Wildman–Crippen LogP) is 4.55. The summed E-state index contributed by atoms with van der Waals surface area (Å²) >= 11 is 1.71. The molecule has 5 nitrogen and oxygen atoms in total. The van der Waals surface area contributed by atoms with Gasteiger partial charge in [0.1, 0.15) is 10.6 Å². The van der Waals surface area contributed by atoms with Crippen molar-refractivity contribution in [3.05, 3.63) is 40.9 Å². The summed E-state index contributed by atoms with van der Waals surface area (Å²) in [4.78, 5) is 17.4. The van der Waals surface area contributed by atoms with Gasteiger partial charge in [-0.3, -0.25) is 0 Å². The van der Waals surface area contributed by atoms with Crippen LogP contribution in [-0.2, 0) is 17.6 Å². The minimum absolute atomic E-state index is 0.362. The number of nitrogens with two attached hydrogens (primary N) is 1. The molecule has 0 aliphatic carbocycles. The van der Waals surface area contributed by atoms with Crippen LogP contribution < -0.4 is 11.1 Å². The molecule has 0 fully saturated rings. The average molecular weight is 390 g/mol. The molecule has 6 heteroatoms. The van der Waals surface area contributed by atoms with Gasteiger partial charge in [-0.1, -0.05) is 24.3 Å². The van der Waals surface area contributed by atoms with E-state index >= 15 is 0 Å². The number of rotatable bonds is 9. The van der Waals surface area contributed by atoms with E-state index in [1.165, 1.54) is 10.4 Å². The molecule has 1 amide bonds. The summed E-state index contributed by atoms with van der Waals surface area (Å²) in [5.74, 6) is 0. The molecule has 1 aromatic carbocycles. The molecule has 3 N–H and O–H groups in total. The molecule has 0 atom stereocenters. The Hall–Kier alpha value is -1.92. The van der Waals surface area contributed by atoms with Gasteiger partial charge in [0.25, 0.3) is 0 Å². The quantitative estimate of drug-likeness (QED) is 0.617. The number of nitrogens with one attached hydrogen (secondary N) is 1. The summed E-state index contributed by atoms with van der Waals surface area (Å²) in [6.07, 6.45) is 6.60. The highest BCUT2D eigenvalue weighted by Crippen LogP contribution is 2.26. The molecule has 2 rings (SSSR count). The van der Waals surface area contributed by atoms with Crippen LogP contribution >= 0.6 is 11.3 Å². The zero-order valence-corrected chi connectivity index (χ0v) is 17.4. The summed E-state index contributed by atoms with van der Waals surface area (Å²) in [5.41, 5.74) is 7.58. The van der Waals surface area contributed by atoms with Gasteiger partial charge in [-0.15, -0.1) is 11.3 Å². The van der Waals surface area contributed by atoms with Crippen LogP contribution in [0.15, 0.2) is 30.5 Å². The number of aromatic nitrogens is 1. The third kappa shape index (κ3) is 8.10. The largest absolute Gasteiger partial charge is 0.444 e. The van der Waals surface area contributed by atoms with E-state index in [0.717, 1.165) is 49.2 Å². The van der Waals surface area contributed by atoms with Gasteiger partial charge in [-0.25, -0.2) is 9.78 Å². The van der Waals surface area contributed by atoms with Crippen molar-refractivity contribution in [3.63, 3.8) is 0 Å². The topological polar surface area (TPSA) is 77.2 Å². The van der Waals surface area contributed by atoms with Crippen molar-refractivity contribution >= 4 is 17.4 Å². The molecule has 0 radical (unpaired) electrons. The maximum Gasteiger partial charge on any atom is 0.407 e. The van der Waals surface area contributed by atoms with E-state index in [4.69, 9.17) is 10.5 Å². The zero-order chi connectivity index (χ0) is 19.7. The number of hydrogen-bond donors (Lipinski definition) is 2. The SMILES string of the molecule is CC(C)(C)OC(=O)NCCCc1cnc(-c2ccc(CCCCN)cc2)s1. The van der Waals surface area contributed by atoms with E-state index in [1.54, 1.807) is 11.3 Å². The molecule has 1 aromatic heterocycles. The highest BCUT2D eigenvalue weighted by Gasteiger charge is 2.15. The smallest absolute Gasteiger partial charge is 0.407 e. The van der Waals surface area contributed by atoms with Gasteiger partial charge in [-0.05, 0) is 65.0 Å². The van der Waals surface area contributed by atoms with Crippen molar-refractivity contribution in [1.82, 2.24) is 10.3 Å². The van der Waals surface area contributed by atoms with Crippen LogP contribution in [0.2, 0.25) is 0 Å². The maximum absolute atomic E-state index is 11.6. The first-order valence-electron chi connectivity index (χ1n) is 9.58. The molecule has 0 bridgehead atoms. The molecule has 0 unspecified atom stereocenters. The van der Waals surface area contributed by atoms with Gasteiger partial charge in [0.2, 0.25) is 0 Å². The average Bonchev–Trinajstić information content (AvgIpc) is 3.07. The fraction of sp³-hybridized carbons (Fsp3) is 0.524. The molecular weight excluding hydrogens is 358 g/mol. The molecule has 27 heavy (non-hydrogen) atoms. The Morgan fingerprint density at radius 3 is 2.56 bits per heavy atom. The third-order valence-corrected chi connectivity index (χ3v) is 5.05. The summed E-state index contributed by atoms with van der Waals surface area (Å²) in [5, 5.41) is 3.83. The lowest BCUT2D eigenvalue weighted by atomic mass is 10.1. The normalized spacial score (nSPS) is 11.4. The van der Waals surface area contributed by atoms with Crippen LogP contribution in [0.4, 0.5) is 4.79 Å². The number of unbranched alkanes of at least 4 members (excludes halogenated alkanes) is 1. The van der Waals surface area contributed by atoms with Crippen molar-refractivity contribution < 1.29 is 9.53 Å². The molecule has 0 saturated carbocycles. The number of nitrogens with zero attached hydrogens (tertiary/aromatic N) is 1. The molecule has 0 aliphatic rings. The first-order valence-corrected chi connectivity index (χ1v) is 10.4. The summed E-state index contributed by atoms with van der Waals surface area (Å²) in [7, 11) is 0. The monoisotopic (exact) mass is 389 g/mol. The van der Waals surface area contributed by atoms with E-state index < -0.39 is 5.60 Å². The highest BCUT2D eigenvalue weighted by molar-refractivity contribution is 7.15. The molecule has 0 saturated heterocycles. The third-order valence-electron chi connectivity index (χ3n) is 3.94. The van der Waals surface area contributed by atoms with Crippen molar-refractivity contribution in [2.45, 2.75) is 58.5 Å². The lowest BCUT2D eigenvalue weighted by Crippen LogP contribution is -2.33. The zero-order valence-electron chi connectivity index (χ0n) is 16.6. The van der Waals surface area contributed by atoms with E-state index in [0.29, 0.717) is 6.54 Å². The van der Waals surface area contributed by atoms with Crippen LogP contribution in [0.1, 0.15) is 50.5 Å².